The van der Waals surface area contributed by atoms with Gasteiger partial charge in [-0.15, -0.1) is 0 Å². The number of carbonyl (C=O) groups excluding carboxylic acids is 1. The standard InChI is InChI=1S/C15H18Cl2N2O/c1-19(8-12-5-9-2-3-10(12)4-9)15(20)11-6-13(16)18-14(17)7-11/h6-7,9-10,12H,2-5,8H2,1H3. The fraction of sp³-hybridized carbons (Fsp3) is 0.600. The van der Waals surface area contributed by atoms with Gasteiger partial charge in [-0.3, -0.25) is 4.79 Å². The average Bonchev–Trinajstić information content (AvgIpc) is 2.98. The molecule has 3 nitrogen and oxygen atoms in total. The Labute approximate surface area is 129 Å². The second-order valence-corrected chi connectivity index (χ2v) is 6.90. The lowest BCUT2D eigenvalue weighted by Gasteiger charge is -2.27. The third kappa shape index (κ3) is 2.79. The van der Waals surface area contributed by atoms with Gasteiger partial charge in [-0.2, -0.15) is 0 Å². The van der Waals surface area contributed by atoms with E-state index < -0.39 is 0 Å². The zero-order valence-electron chi connectivity index (χ0n) is 11.5. The molecule has 108 valence electrons. The molecule has 1 aromatic heterocycles. The first kappa shape index (κ1) is 14.2. The number of aromatic nitrogens is 1. The van der Waals surface area contributed by atoms with Crippen LogP contribution in [0.2, 0.25) is 10.3 Å². The molecule has 2 aliphatic carbocycles. The van der Waals surface area contributed by atoms with Crippen LogP contribution in [0.25, 0.3) is 0 Å². The van der Waals surface area contributed by atoms with Gasteiger partial charge in [0, 0.05) is 19.2 Å². The highest BCUT2D eigenvalue weighted by Gasteiger charge is 2.40. The fourth-order valence-corrected chi connectivity index (χ4v) is 4.30. The molecule has 0 aromatic carbocycles. The van der Waals surface area contributed by atoms with E-state index in [9.17, 15) is 4.79 Å². The van der Waals surface area contributed by atoms with E-state index in [-0.39, 0.29) is 16.2 Å². The Hall–Kier alpha value is -0.800. The van der Waals surface area contributed by atoms with Crippen LogP contribution in [-0.2, 0) is 0 Å². The van der Waals surface area contributed by atoms with Crippen LogP contribution in [-0.4, -0.2) is 29.4 Å². The van der Waals surface area contributed by atoms with Crippen LogP contribution < -0.4 is 0 Å². The Balaban J connectivity index is 1.67. The van der Waals surface area contributed by atoms with E-state index in [1.165, 1.54) is 25.7 Å². The summed E-state index contributed by atoms with van der Waals surface area (Å²) < 4.78 is 0. The van der Waals surface area contributed by atoms with Crippen molar-refractivity contribution in [2.45, 2.75) is 25.7 Å². The first-order valence-corrected chi connectivity index (χ1v) is 7.87. The molecule has 0 spiro atoms. The summed E-state index contributed by atoms with van der Waals surface area (Å²) in [5.74, 6) is 2.35. The van der Waals surface area contributed by atoms with E-state index in [2.05, 4.69) is 4.98 Å². The van der Waals surface area contributed by atoms with E-state index in [0.717, 1.165) is 18.4 Å². The highest BCUT2D eigenvalue weighted by molar-refractivity contribution is 6.33. The van der Waals surface area contributed by atoms with Crippen LogP contribution in [0.1, 0.15) is 36.0 Å². The molecule has 3 unspecified atom stereocenters. The first-order valence-electron chi connectivity index (χ1n) is 7.11. The molecule has 2 bridgehead atoms. The Morgan fingerprint density at radius 3 is 2.55 bits per heavy atom. The van der Waals surface area contributed by atoms with Crippen LogP contribution in [0.3, 0.4) is 0 Å². The lowest BCUT2D eigenvalue weighted by Crippen LogP contribution is -2.33. The van der Waals surface area contributed by atoms with Gasteiger partial charge in [-0.1, -0.05) is 29.6 Å². The minimum atomic E-state index is -0.0287. The number of hydrogen-bond acceptors (Lipinski definition) is 2. The van der Waals surface area contributed by atoms with Gasteiger partial charge in [0.25, 0.3) is 5.91 Å². The van der Waals surface area contributed by atoms with Crippen LogP contribution in [0, 0.1) is 17.8 Å². The van der Waals surface area contributed by atoms with Crippen molar-refractivity contribution in [1.29, 1.82) is 0 Å². The van der Waals surface area contributed by atoms with Gasteiger partial charge in [-0.25, -0.2) is 4.98 Å². The zero-order chi connectivity index (χ0) is 14.3. The number of fused-ring (bicyclic) bond motifs is 2. The molecule has 1 aromatic rings. The van der Waals surface area contributed by atoms with Crippen molar-refractivity contribution in [2.75, 3.05) is 13.6 Å². The number of hydrogen-bond donors (Lipinski definition) is 0. The second kappa shape index (κ2) is 5.53. The molecule has 0 N–H and O–H groups in total. The van der Waals surface area contributed by atoms with Crippen LogP contribution >= 0.6 is 23.2 Å². The molecule has 20 heavy (non-hydrogen) atoms. The molecule has 1 amide bonds. The molecule has 2 fully saturated rings. The molecule has 3 rings (SSSR count). The summed E-state index contributed by atoms with van der Waals surface area (Å²) in [4.78, 5) is 18.1. The van der Waals surface area contributed by atoms with Gasteiger partial charge < -0.3 is 4.90 Å². The monoisotopic (exact) mass is 312 g/mol. The maximum absolute atomic E-state index is 12.4. The molecule has 0 aliphatic heterocycles. The van der Waals surface area contributed by atoms with Crippen molar-refractivity contribution in [3.05, 3.63) is 28.0 Å². The van der Waals surface area contributed by atoms with Gasteiger partial charge in [-0.05, 0) is 49.1 Å². The molecule has 0 saturated heterocycles. The number of carbonyl (C=O) groups is 1. The van der Waals surface area contributed by atoms with Crippen LogP contribution in [0.15, 0.2) is 12.1 Å². The van der Waals surface area contributed by atoms with E-state index in [1.54, 1.807) is 17.0 Å². The third-order valence-electron chi connectivity index (χ3n) is 4.75. The number of amides is 1. The van der Waals surface area contributed by atoms with Gasteiger partial charge in [0.15, 0.2) is 0 Å². The number of nitrogens with zero attached hydrogens (tertiary/aromatic N) is 2. The van der Waals surface area contributed by atoms with Gasteiger partial charge in [0.05, 0.1) is 0 Å². The normalized spacial score (nSPS) is 27.9. The summed E-state index contributed by atoms with van der Waals surface area (Å²) >= 11 is 11.7. The Bertz CT molecular complexity index is 514. The lowest BCUT2D eigenvalue weighted by molar-refractivity contribution is 0.0754. The highest BCUT2D eigenvalue weighted by Crippen LogP contribution is 2.48. The van der Waals surface area contributed by atoms with Crippen molar-refractivity contribution >= 4 is 29.1 Å². The molecule has 5 heteroatoms. The minimum absolute atomic E-state index is 0.0287. The summed E-state index contributed by atoms with van der Waals surface area (Å²) in [7, 11) is 1.86. The molecule has 1 heterocycles. The first-order chi connectivity index (χ1) is 9.52. The van der Waals surface area contributed by atoms with Crippen molar-refractivity contribution in [1.82, 2.24) is 9.88 Å². The van der Waals surface area contributed by atoms with Crippen LogP contribution in [0.5, 0.6) is 0 Å². The quantitative estimate of drug-likeness (QED) is 0.793. The fourth-order valence-electron chi connectivity index (χ4n) is 3.84. The maximum atomic E-state index is 12.4. The summed E-state index contributed by atoms with van der Waals surface area (Å²) in [6.45, 7) is 0.831. The van der Waals surface area contributed by atoms with Crippen LogP contribution in [0.4, 0.5) is 0 Å². The van der Waals surface area contributed by atoms with Crippen molar-refractivity contribution < 1.29 is 4.79 Å². The van der Waals surface area contributed by atoms with Crippen molar-refractivity contribution in [3.8, 4) is 0 Å². The topological polar surface area (TPSA) is 33.2 Å². The van der Waals surface area contributed by atoms with E-state index in [0.29, 0.717) is 11.5 Å². The smallest absolute Gasteiger partial charge is 0.253 e. The Morgan fingerprint density at radius 1 is 1.30 bits per heavy atom. The maximum Gasteiger partial charge on any atom is 0.253 e. The predicted octanol–water partition coefficient (Wildman–Crippen LogP) is 3.90. The lowest BCUT2D eigenvalue weighted by atomic mass is 9.88. The summed E-state index contributed by atoms with van der Waals surface area (Å²) in [6, 6.07) is 3.15. The average molecular weight is 313 g/mol. The van der Waals surface area contributed by atoms with Crippen molar-refractivity contribution in [3.63, 3.8) is 0 Å². The Kier molecular flexibility index (Phi) is 3.91. The minimum Gasteiger partial charge on any atom is -0.341 e. The SMILES string of the molecule is CN(CC1CC2CCC1C2)C(=O)c1cc(Cl)nc(Cl)c1. The van der Waals surface area contributed by atoms with Gasteiger partial charge in [0.2, 0.25) is 0 Å². The molecule has 0 radical (unpaired) electrons. The predicted molar refractivity (Wildman–Crippen MR) is 80.2 cm³/mol. The number of pyridine rings is 1. The largest absolute Gasteiger partial charge is 0.341 e. The second-order valence-electron chi connectivity index (χ2n) is 6.12. The van der Waals surface area contributed by atoms with Gasteiger partial charge >= 0.3 is 0 Å². The molecule has 2 aliphatic rings. The molecular weight excluding hydrogens is 295 g/mol. The Morgan fingerprint density at radius 2 is 2.00 bits per heavy atom. The molecule has 3 atom stereocenters. The zero-order valence-corrected chi connectivity index (χ0v) is 13.0. The van der Waals surface area contributed by atoms with E-state index >= 15 is 0 Å². The summed E-state index contributed by atoms with van der Waals surface area (Å²) in [5, 5.41) is 0.517. The number of halogens is 2. The van der Waals surface area contributed by atoms with E-state index in [1.807, 2.05) is 7.05 Å². The highest BCUT2D eigenvalue weighted by atomic mass is 35.5. The molecular formula is C15H18Cl2N2O. The molecule has 2 saturated carbocycles. The van der Waals surface area contributed by atoms with E-state index in [4.69, 9.17) is 23.2 Å². The summed E-state index contributed by atoms with van der Waals surface area (Å²) in [6.07, 6.45) is 5.36. The number of rotatable bonds is 3. The van der Waals surface area contributed by atoms with Crippen molar-refractivity contribution in [2.24, 2.45) is 17.8 Å². The summed E-state index contributed by atoms with van der Waals surface area (Å²) in [5.41, 5.74) is 0.514. The van der Waals surface area contributed by atoms with Gasteiger partial charge in [0.1, 0.15) is 10.3 Å². The third-order valence-corrected chi connectivity index (χ3v) is 5.14.